The van der Waals surface area contributed by atoms with Crippen LogP contribution in [0.5, 0.6) is 11.5 Å². The highest BCUT2D eigenvalue weighted by atomic mass is 19.1. The summed E-state index contributed by atoms with van der Waals surface area (Å²) in [5, 5.41) is 3.00. The van der Waals surface area contributed by atoms with Gasteiger partial charge in [0, 0.05) is 17.7 Å². The molecule has 2 fully saturated rings. The molecule has 12 nitrogen and oxygen atoms in total. The van der Waals surface area contributed by atoms with Crippen LogP contribution < -0.4 is 20.5 Å². The zero-order valence-electron chi connectivity index (χ0n) is 29.3. The molecule has 0 spiro atoms. The topological polar surface area (TPSA) is 145 Å². The van der Waals surface area contributed by atoms with Crippen molar-refractivity contribution in [1.82, 2.24) is 24.8 Å². The molecule has 0 bridgehead atoms. The molecule has 3 aliphatic heterocycles. The molecule has 0 radical (unpaired) electrons. The van der Waals surface area contributed by atoms with E-state index in [2.05, 4.69) is 20.3 Å². The van der Waals surface area contributed by atoms with Gasteiger partial charge in [0.1, 0.15) is 36.0 Å². The predicted octanol–water partition coefficient (Wildman–Crippen LogP) is 6.29. The highest BCUT2D eigenvalue weighted by Gasteiger charge is 2.55. The minimum atomic E-state index is -1.36. The van der Waals surface area contributed by atoms with Crippen LogP contribution in [-0.4, -0.2) is 56.1 Å². The Balaban J connectivity index is 0.999. The van der Waals surface area contributed by atoms with E-state index in [-0.39, 0.29) is 29.5 Å². The zero-order valence-corrected chi connectivity index (χ0v) is 29.3. The van der Waals surface area contributed by atoms with Crippen LogP contribution >= 0.6 is 0 Å². The Kier molecular flexibility index (Phi) is 8.14. The largest absolute Gasteiger partial charge is 0.440 e. The first-order valence-electron chi connectivity index (χ1n) is 17.5. The summed E-state index contributed by atoms with van der Waals surface area (Å²) in [4.78, 5) is 26.9. The molecule has 13 heteroatoms. The van der Waals surface area contributed by atoms with Crippen LogP contribution in [0.25, 0.3) is 22.3 Å². The molecule has 6 aromatic rings. The van der Waals surface area contributed by atoms with Gasteiger partial charge in [0.2, 0.25) is 0 Å². The first kappa shape index (κ1) is 33.7. The van der Waals surface area contributed by atoms with Crippen LogP contribution in [0, 0.1) is 5.82 Å². The summed E-state index contributed by atoms with van der Waals surface area (Å²) in [5.41, 5.74) is 10.1. The molecule has 4 atom stereocenters. The van der Waals surface area contributed by atoms with Gasteiger partial charge in [0.15, 0.2) is 35.0 Å². The fourth-order valence-corrected chi connectivity index (χ4v) is 7.29. The Bertz CT molecular complexity index is 2350. The van der Waals surface area contributed by atoms with Gasteiger partial charge in [-0.25, -0.2) is 19.3 Å². The summed E-state index contributed by atoms with van der Waals surface area (Å²) < 4.78 is 48.1. The first-order chi connectivity index (χ1) is 26.2. The fourth-order valence-electron chi connectivity index (χ4n) is 7.29. The van der Waals surface area contributed by atoms with Gasteiger partial charge < -0.3 is 34.7 Å². The second kappa shape index (κ2) is 13.1. The van der Waals surface area contributed by atoms with Crippen molar-refractivity contribution < 1.29 is 32.9 Å². The van der Waals surface area contributed by atoms with E-state index in [1.165, 1.54) is 18.5 Å². The second-order valence-corrected chi connectivity index (χ2v) is 13.7. The van der Waals surface area contributed by atoms with Crippen molar-refractivity contribution in [2.24, 2.45) is 0 Å². The molecular weight excluding hydrogens is 691 g/mol. The number of hydrogen-bond acceptors (Lipinski definition) is 10. The third-order valence-electron chi connectivity index (χ3n) is 9.72. The number of nitrogens with zero attached hydrogens (tertiary/aromatic N) is 4. The second-order valence-electron chi connectivity index (χ2n) is 13.7. The maximum absolute atomic E-state index is 14.1. The van der Waals surface area contributed by atoms with Crippen LogP contribution in [0.3, 0.4) is 0 Å². The van der Waals surface area contributed by atoms with Crippen molar-refractivity contribution in [3.8, 4) is 22.6 Å². The van der Waals surface area contributed by atoms with Crippen molar-refractivity contribution in [2.75, 3.05) is 12.3 Å². The maximum atomic E-state index is 14.1. The Labute approximate surface area is 309 Å². The molecule has 54 heavy (non-hydrogen) atoms. The zero-order chi connectivity index (χ0) is 37.0. The summed E-state index contributed by atoms with van der Waals surface area (Å²) in [6.07, 6.45) is 4.60. The van der Waals surface area contributed by atoms with E-state index in [9.17, 15) is 9.18 Å². The van der Waals surface area contributed by atoms with E-state index in [4.69, 9.17) is 29.4 Å². The number of rotatable bonds is 8. The number of nitrogens with one attached hydrogen (secondary N) is 1. The number of nitrogens with two attached hydrogens (primary N) is 1. The van der Waals surface area contributed by atoms with Crippen molar-refractivity contribution in [3.63, 3.8) is 0 Å². The van der Waals surface area contributed by atoms with Crippen LogP contribution in [0.1, 0.15) is 41.6 Å². The molecule has 3 N–H and O–H groups in total. The minimum Gasteiger partial charge on any atom is -0.440 e. The molecule has 0 aliphatic carbocycles. The lowest BCUT2D eigenvalue weighted by molar-refractivity contribution is -0.191. The molecule has 1 amide bonds. The summed E-state index contributed by atoms with van der Waals surface area (Å²) in [5.74, 6) is -2.04. The number of amides is 1. The number of nitrogen functional groups attached to an aromatic ring is 1. The minimum absolute atomic E-state index is 0.154. The van der Waals surface area contributed by atoms with Crippen LogP contribution in [0.4, 0.5) is 10.2 Å². The molecule has 272 valence electrons. The summed E-state index contributed by atoms with van der Waals surface area (Å²) in [6, 6.07) is 28.7. The molecular formula is C41H35FN6O6. The Morgan fingerprint density at radius 3 is 2.31 bits per heavy atom. The number of ether oxygens (including phenoxy) is 5. The normalized spacial score (nSPS) is 22.1. The standard InChI is InChI=1S/C41H35FN6O6/c1-40(2)52-34-30(50-39(35(34)53-40)48-23-47-32-36(43)45-22-46-37(32)48)14-9-19-44-38(49)29-20-25(24-15-17-28(42)18-16-24)21-31-33(29)54-41(51-31,26-10-5-3-6-11-26)27-12-7-4-8-13-27/h3-18,20-23,30,34-35,39H,19H2,1-2H3,(H,44,49)(H2,43,45,46)/b14-9+/t30-,34?,35+,39-/m1/s1. The van der Waals surface area contributed by atoms with Crippen molar-refractivity contribution >= 4 is 22.9 Å². The number of aromatic nitrogens is 4. The lowest BCUT2D eigenvalue weighted by Crippen LogP contribution is -2.37. The Hall–Kier alpha value is -6.15. The monoisotopic (exact) mass is 726 g/mol. The number of carbonyl (C=O) groups is 1. The third kappa shape index (κ3) is 5.82. The number of benzene rings is 4. The summed E-state index contributed by atoms with van der Waals surface area (Å²) >= 11 is 0. The number of fused-ring (bicyclic) bond motifs is 3. The van der Waals surface area contributed by atoms with Gasteiger partial charge in [-0.3, -0.25) is 9.36 Å². The van der Waals surface area contributed by atoms with E-state index in [1.54, 1.807) is 29.1 Å². The van der Waals surface area contributed by atoms with Crippen molar-refractivity contribution in [1.29, 1.82) is 0 Å². The van der Waals surface area contributed by atoms with Crippen LogP contribution in [-0.2, 0) is 20.0 Å². The molecule has 5 heterocycles. The third-order valence-corrected chi connectivity index (χ3v) is 9.72. The van der Waals surface area contributed by atoms with Gasteiger partial charge in [0.05, 0.1) is 11.9 Å². The molecule has 2 saturated heterocycles. The summed E-state index contributed by atoms with van der Waals surface area (Å²) in [7, 11) is 0. The lowest BCUT2D eigenvalue weighted by atomic mass is 9.97. The number of anilines is 1. The SMILES string of the molecule is CC1(C)OC2[C@@H](/C=C/CNC(=O)c3cc(-c4ccc(F)cc4)cc4c3OC(c3ccccc3)(c3ccccc3)O4)O[C@@H](n3cnc4c(N)ncnc43)[C@H]2O1. The van der Waals surface area contributed by atoms with Gasteiger partial charge in [-0.2, -0.15) is 0 Å². The lowest BCUT2D eigenvalue weighted by Gasteiger charge is -2.28. The molecule has 9 rings (SSSR count). The maximum Gasteiger partial charge on any atom is 0.305 e. The summed E-state index contributed by atoms with van der Waals surface area (Å²) in [6.45, 7) is 3.86. The Morgan fingerprint density at radius 1 is 0.889 bits per heavy atom. The smallest absolute Gasteiger partial charge is 0.305 e. The fraction of sp³-hybridized carbons (Fsp3) is 0.220. The van der Waals surface area contributed by atoms with Gasteiger partial charge in [-0.15, -0.1) is 0 Å². The number of imidazole rings is 1. The number of hydrogen-bond donors (Lipinski definition) is 2. The molecule has 1 unspecified atom stereocenters. The van der Waals surface area contributed by atoms with Gasteiger partial charge >= 0.3 is 5.79 Å². The van der Waals surface area contributed by atoms with Gasteiger partial charge in [0.25, 0.3) is 5.91 Å². The van der Waals surface area contributed by atoms with E-state index < -0.39 is 42.0 Å². The highest BCUT2D eigenvalue weighted by Crippen LogP contribution is 2.51. The van der Waals surface area contributed by atoms with Crippen molar-refractivity contribution in [2.45, 2.75) is 50.0 Å². The highest BCUT2D eigenvalue weighted by molar-refractivity contribution is 5.99. The first-order valence-corrected chi connectivity index (χ1v) is 17.5. The average molecular weight is 727 g/mol. The quantitative estimate of drug-likeness (QED) is 0.172. The average Bonchev–Trinajstić information content (AvgIpc) is 3.95. The van der Waals surface area contributed by atoms with Crippen molar-refractivity contribution in [3.05, 3.63) is 144 Å². The van der Waals surface area contributed by atoms with E-state index in [1.807, 2.05) is 92.7 Å². The van der Waals surface area contributed by atoms with Gasteiger partial charge in [-0.05, 0) is 49.2 Å². The van der Waals surface area contributed by atoms with Crippen LogP contribution in [0.15, 0.2) is 122 Å². The molecule has 2 aromatic heterocycles. The molecule has 0 saturated carbocycles. The van der Waals surface area contributed by atoms with E-state index in [0.717, 1.165) is 11.1 Å². The molecule has 4 aromatic carbocycles. The van der Waals surface area contributed by atoms with Crippen LogP contribution in [0.2, 0.25) is 0 Å². The van der Waals surface area contributed by atoms with Gasteiger partial charge in [-0.1, -0.05) is 84.9 Å². The Morgan fingerprint density at radius 2 is 1.59 bits per heavy atom. The number of carbonyl (C=O) groups excluding carboxylic acids is 1. The number of halogens is 1. The van der Waals surface area contributed by atoms with E-state index >= 15 is 0 Å². The van der Waals surface area contributed by atoms with E-state index in [0.29, 0.717) is 28.0 Å². The predicted molar refractivity (Wildman–Crippen MR) is 196 cm³/mol. The molecule has 3 aliphatic rings.